The van der Waals surface area contributed by atoms with Crippen LogP contribution in [0.3, 0.4) is 0 Å². The minimum Gasteiger partial charge on any atom is -0.481 e. The number of nitrogens with one attached hydrogen (secondary N) is 3. The van der Waals surface area contributed by atoms with Crippen molar-refractivity contribution in [3.8, 4) is 0 Å². The molecule has 21 nitrogen and oxygen atoms in total. The van der Waals surface area contributed by atoms with Crippen molar-refractivity contribution in [1.82, 2.24) is 25.9 Å². The Morgan fingerprint density at radius 2 is 0.835 bits per heavy atom. The summed E-state index contributed by atoms with van der Waals surface area (Å²) in [4.78, 5) is 168. The summed E-state index contributed by atoms with van der Waals surface area (Å²) in [5.41, 5.74) is 0.472. The average molecular weight is 1370 g/mol. The Hall–Kier alpha value is -6.90. The third kappa shape index (κ3) is 30.8. The fraction of sp³-hybridized carbons (Fsp3) is 0.693. The van der Waals surface area contributed by atoms with E-state index in [0.717, 1.165) is 109 Å². The van der Waals surface area contributed by atoms with E-state index in [0.29, 0.717) is 56.8 Å². The molecule has 2 aromatic heterocycles. The van der Waals surface area contributed by atoms with Crippen molar-refractivity contribution in [1.29, 1.82) is 0 Å². The summed E-state index contributed by atoms with van der Waals surface area (Å²) in [5, 5.41) is 16.9. The molecule has 0 unspecified atom stereocenters. The number of hydrogen-bond acceptors (Lipinski definition) is 17. The number of alkyl halides is 1. The molecule has 0 aromatic carbocycles. The summed E-state index contributed by atoms with van der Waals surface area (Å²) in [6, 6.07) is 3.85. The summed E-state index contributed by atoms with van der Waals surface area (Å²) >= 11 is 5.66. The van der Waals surface area contributed by atoms with Crippen molar-refractivity contribution in [2.24, 2.45) is 65.1 Å². The molecule has 5 aliphatic rings. The van der Waals surface area contributed by atoms with Crippen molar-refractivity contribution in [2.45, 2.75) is 247 Å². The van der Waals surface area contributed by atoms with Gasteiger partial charge in [0.1, 0.15) is 23.1 Å². The van der Waals surface area contributed by atoms with Crippen LogP contribution in [0.1, 0.15) is 249 Å². The van der Waals surface area contributed by atoms with Gasteiger partial charge in [0.2, 0.25) is 17.7 Å². The predicted octanol–water partition coefficient (Wildman–Crippen LogP) is 11.7. The number of carbonyl (C=O) groups excluding carboxylic acids is 12. The van der Waals surface area contributed by atoms with Gasteiger partial charge in [-0.15, -0.1) is 11.6 Å². The Morgan fingerprint density at radius 3 is 1.15 bits per heavy atom. The van der Waals surface area contributed by atoms with E-state index in [9.17, 15) is 62.3 Å². The third-order valence-corrected chi connectivity index (χ3v) is 19.2. The molecule has 4 N–H and O–H groups in total. The quantitative estimate of drug-likeness (QED) is 0.0390. The number of halogens is 1. The fourth-order valence-electron chi connectivity index (χ4n) is 13.5. The Bertz CT molecular complexity index is 2890. The molecule has 0 spiro atoms. The molecule has 0 radical (unpaired) electrons. The molecule has 5 fully saturated rings. The maximum absolute atomic E-state index is 13.4. The van der Waals surface area contributed by atoms with Crippen LogP contribution in [0.15, 0.2) is 49.1 Å². The van der Waals surface area contributed by atoms with E-state index in [4.69, 9.17) is 26.2 Å². The first-order valence-corrected chi connectivity index (χ1v) is 36.2. The summed E-state index contributed by atoms with van der Waals surface area (Å²) in [7, 11) is 0. The second-order valence-electron chi connectivity index (χ2n) is 28.6. The van der Waals surface area contributed by atoms with Crippen LogP contribution >= 0.6 is 11.6 Å². The Balaban J connectivity index is 0.000000299. The maximum Gasteiger partial charge on any atom is 0.340 e. The number of hydrogen-bond donors (Lipinski definition) is 4. The normalized spacial score (nSPS) is 20.0. The number of ether oxygens (including phenoxy) is 2. The highest BCUT2D eigenvalue weighted by Gasteiger charge is 2.36. The second-order valence-corrected chi connectivity index (χ2v) is 28.9. The van der Waals surface area contributed by atoms with Gasteiger partial charge in [-0.25, -0.2) is 9.59 Å². The summed E-state index contributed by atoms with van der Waals surface area (Å²) in [6.45, 7) is 14.9. The molecule has 0 saturated heterocycles. The summed E-state index contributed by atoms with van der Waals surface area (Å²) in [6.07, 6.45) is 25.9. The zero-order chi connectivity index (χ0) is 71.6. The van der Waals surface area contributed by atoms with Gasteiger partial charge in [0.25, 0.3) is 0 Å². The van der Waals surface area contributed by atoms with Crippen molar-refractivity contribution in [3.63, 3.8) is 0 Å². The van der Waals surface area contributed by atoms with Gasteiger partial charge in [0.15, 0.2) is 30.6 Å². The van der Waals surface area contributed by atoms with Crippen LogP contribution in [-0.4, -0.2) is 128 Å². The molecule has 538 valence electrons. The van der Waals surface area contributed by atoms with Crippen molar-refractivity contribution < 1.29 is 76.9 Å². The van der Waals surface area contributed by atoms with Gasteiger partial charge in [-0.1, -0.05) is 100 Å². The fourth-order valence-corrected chi connectivity index (χ4v) is 13.7. The number of esters is 2. The van der Waals surface area contributed by atoms with Gasteiger partial charge in [-0.05, 0) is 145 Å². The Labute approximate surface area is 579 Å². The van der Waals surface area contributed by atoms with Crippen LogP contribution in [-0.2, 0) is 62.2 Å². The van der Waals surface area contributed by atoms with E-state index in [1.54, 1.807) is 18.2 Å². The molecule has 2 aromatic rings. The number of nitrogens with zero attached hydrogens (tertiary/aromatic N) is 2. The number of ketones is 7. The van der Waals surface area contributed by atoms with E-state index in [2.05, 4.69) is 39.8 Å². The number of aromatic nitrogens is 2. The van der Waals surface area contributed by atoms with E-state index < -0.39 is 66.7 Å². The molecule has 97 heavy (non-hydrogen) atoms. The maximum atomic E-state index is 13.4. The van der Waals surface area contributed by atoms with Crippen LogP contribution in [0.2, 0.25) is 0 Å². The van der Waals surface area contributed by atoms with Gasteiger partial charge in [-0.2, -0.15) is 0 Å². The smallest absolute Gasteiger partial charge is 0.340 e. The van der Waals surface area contributed by atoms with Crippen molar-refractivity contribution in [3.05, 3.63) is 60.2 Å². The largest absolute Gasteiger partial charge is 0.481 e. The third-order valence-electron chi connectivity index (χ3n) is 19.0. The average Bonchev–Trinajstić information content (AvgIpc) is 1.06. The topological polar surface area (TPSA) is 322 Å². The molecule has 7 rings (SSSR count). The SMILES string of the molecule is CC(C)C[C@H](C)C(=O)N[C@@H](C[C@@H]1CCCCC1=O)C(=O)CCl.CC(C)C[C@H](C)C(=O)N[C@@H](C[C@@H]1CCCCC1=O)C(=O)COC(=O)c1cccnc1.CC(C)C[C@H](CC(=O)C1CCCC1)C(=O)N[C@@H](C[C@@H]1CCCCC1=O)C(=O)COC(=O)c1cccnc1.O=C(O)C1CCCC1. The number of rotatable bonds is 32. The lowest BCUT2D eigenvalue weighted by Gasteiger charge is -2.27. The highest BCUT2D eigenvalue weighted by molar-refractivity contribution is 6.28. The number of aliphatic carboxylic acids is 1. The van der Waals surface area contributed by atoms with Crippen LogP contribution in [0.25, 0.3) is 0 Å². The first-order chi connectivity index (χ1) is 46.2. The number of carboxylic acid groups (broad SMARTS) is 1. The number of carboxylic acids is 1. The molecule has 0 aliphatic heterocycles. The van der Waals surface area contributed by atoms with E-state index >= 15 is 0 Å². The molecule has 3 amide bonds. The lowest BCUT2D eigenvalue weighted by Crippen LogP contribution is -2.47. The van der Waals surface area contributed by atoms with Crippen LogP contribution in [0.4, 0.5) is 0 Å². The highest BCUT2D eigenvalue weighted by atomic mass is 35.5. The van der Waals surface area contributed by atoms with Gasteiger partial charge in [0, 0.05) is 91.9 Å². The lowest BCUT2D eigenvalue weighted by molar-refractivity contribution is -0.141. The van der Waals surface area contributed by atoms with Crippen LogP contribution in [0.5, 0.6) is 0 Å². The monoisotopic (exact) mass is 1370 g/mol. The van der Waals surface area contributed by atoms with Crippen molar-refractivity contribution in [2.75, 3.05) is 19.1 Å². The zero-order valence-electron chi connectivity index (χ0n) is 58.8. The second kappa shape index (κ2) is 44.2. The van der Waals surface area contributed by atoms with Crippen molar-refractivity contribution >= 4 is 87.7 Å². The number of Topliss-reactive ketones (excluding diaryl/α,β-unsaturated/α-hetero) is 7. The zero-order valence-corrected chi connectivity index (χ0v) is 59.5. The molecular formula is C75H110ClN5O16. The van der Waals surface area contributed by atoms with Gasteiger partial charge in [0.05, 0.1) is 41.1 Å². The minimum absolute atomic E-state index is 0.0185. The summed E-state index contributed by atoms with van der Waals surface area (Å²) in [5.74, 6) is -3.93. The molecule has 9 atom stereocenters. The Morgan fingerprint density at radius 1 is 0.485 bits per heavy atom. The first-order valence-electron chi connectivity index (χ1n) is 35.7. The van der Waals surface area contributed by atoms with Gasteiger partial charge >= 0.3 is 17.9 Å². The number of carbonyl (C=O) groups is 13. The van der Waals surface area contributed by atoms with E-state index in [-0.39, 0.29) is 130 Å². The van der Waals surface area contributed by atoms with Crippen LogP contribution < -0.4 is 16.0 Å². The molecule has 5 saturated carbocycles. The first kappa shape index (κ1) is 82.5. The van der Waals surface area contributed by atoms with E-state index in [1.807, 2.05) is 41.5 Å². The highest BCUT2D eigenvalue weighted by Crippen LogP contribution is 2.32. The Kier molecular flexibility index (Phi) is 37.6. The van der Waals surface area contributed by atoms with Crippen LogP contribution in [0, 0.1) is 65.1 Å². The minimum atomic E-state index is -0.961. The molecule has 0 bridgehead atoms. The summed E-state index contributed by atoms with van der Waals surface area (Å²) < 4.78 is 10.3. The molecule has 5 aliphatic carbocycles. The van der Waals surface area contributed by atoms with Gasteiger partial charge < -0.3 is 30.5 Å². The molecule has 22 heteroatoms. The lowest BCUT2D eigenvalue weighted by atomic mass is 9.82. The van der Waals surface area contributed by atoms with Gasteiger partial charge in [-0.3, -0.25) is 62.7 Å². The predicted molar refractivity (Wildman–Crippen MR) is 367 cm³/mol. The molecule has 2 heterocycles. The van der Waals surface area contributed by atoms with E-state index in [1.165, 1.54) is 30.9 Å². The number of pyridine rings is 2. The standard InChI is InChI=1S/C29H40N2O6.C23H32N2O5.C17H28ClNO3.C6H10O2/c1-19(2)14-23(16-26(33)20-8-3-4-9-20)28(35)31-24(15-21-10-5-6-12-25(21)32)27(34)18-37-29(36)22-11-7-13-30-17-22;1-15(2)11-16(3)22(28)25-19(12-17-7-4-5-9-20(17)26)21(27)14-30-23(29)18-8-6-10-24-13-18;1-11(2)8-12(3)17(22)19-14(16(21)10-18)9-13-6-4-5-7-15(13)20;7-6(8)5-3-1-2-4-5/h7,11,13,17,19-21,23-24H,3-6,8-10,12,14-16,18H2,1-2H3,(H,31,35);6,8,10,13,15-17,19H,4-5,7,9,11-12,14H2,1-3H3,(H,25,28);11-14H,4-10H2,1-3H3,(H,19,22);5H,1-4H2,(H,7,8)/t21-,23+,24-;16-,17-,19-;12-,13-,14-;/m000./s1. The number of amides is 3. The molecular weight excluding hydrogens is 1260 g/mol.